The van der Waals surface area contributed by atoms with Gasteiger partial charge in [-0.05, 0) is 6.42 Å². The molecule has 13 N–H and O–H groups in total. The number of nitrogens with one attached hydrogen (secondary N) is 1. The maximum Gasteiger partial charge on any atom is 0.187 e. The summed E-state index contributed by atoms with van der Waals surface area (Å²) in [7, 11) is 0. The average molecular weight is 455 g/mol. The Balaban J connectivity index is 1.88. The van der Waals surface area contributed by atoms with Crippen molar-refractivity contribution in [1.82, 2.24) is 5.32 Å². The molecule has 2 saturated heterocycles. The fourth-order valence-electron chi connectivity index (χ4n) is 4.28. The summed E-state index contributed by atoms with van der Waals surface area (Å²) in [5, 5.41) is 83.5. The number of fused-ring (bicyclic) bond motifs is 1. The van der Waals surface area contributed by atoms with E-state index in [0.29, 0.717) is 0 Å². The third-order valence-corrected chi connectivity index (χ3v) is 6.22. The molecule has 14 nitrogen and oxygen atoms in total. The van der Waals surface area contributed by atoms with Crippen LogP contribution in [0.15, 0.2) is 0 Å². The van der Waals surface area contributed by atoms with Crippen molar-refractivity contribution in [1.29, 1.82) is 0 Å². The maximum absolute atomic E-state index is 10.7. The first-order chi connectivity index (χ1) is 14.6. The molecule has 0 bridgehead atoms. The van der Waals surface area contributed by atoms with E-state index >= 15 is 0 Å². The Morgan fingerprint density at radius 1 is 0.839 bits per heavy atom. The molecular formula is C17H33N3O11. The van der Waals surface area contributed by atoms with E-state index in [1.807, 2.05) is 0 Å². The number of aliphatic hydroxyl groups excluding tert-OH is 8. The van der Waals surface area contributed by atoms with Crippen LogP contribution in [-0.2, 0) is 14.2 Å². The molecule has 182 valence electrons. The molecular weight excluding hydrogens is 422 g/mol. The van der Waals surface area contributed by atoms with Crippen molar-refractivity contribution in [2.75, 3.05) is 13.2 Å². The van der Waals surface area contributed by atoms with Crippen LogP contribution in [0.1, 0.15) is 6.42 Å². The second kappa shape index (κ2) is 10.1. The van der Waals surface area contributed by atoms with Crippen molar-refractivity contribution in [2.45, 2.75) is 92.0 Å². The highest BCUT2D eigenvalue weighted by atomic mass is 16.7. The van der Waals surface area contributed by atoms with Crippen LogP contribution in [0.2, 0.25) is 0 Å². The van der Waals surface area contributed by atoms with Gasteiger partial charge in [0, 0.05) is 12.1 Å². The standard InChI is InChI=1S/C17H33N3O11/c18-4-1-5-14(30-16(28)8(19)12(26)10(24)6(2-21)20-5)15(9(4)23)31-17-13(27)11(25)7(3-22)29-17/h4-17,20-28H,1-3,18-19H2. The van der Waals surface area contributed by atoms with E-state index < -0.39 is 98.8 Å². The van der Waals surface area contributed by atoms with E-state index in [1.54, 1.807) is 0 Å². The number of ether oxygens (including phenoxy) is 3. The first-order valence-corrected chi connectivity index (χ1v) is 10.1. The molecule has 0 aromatic carbocycles. The van der Waals surface area contributed by atoms with Gasteiger partial charge in [-0.25, -0.2) is 0 Å². The van der Waals surface area contributed by atoms with Crippen LogP contribution in [0, 0.1) is 0 Å². The summed E-state index contributed by atoms with van der Waals surface area (Å²) in [5.41, 5.74) is 11.8. The minimum atomic E-state index is -1.80. The molecule has 31 heavy (non-hydrogen) atoms. The van der Waals surface area contributed by atoms with Crippen molar-refractivity contribution < 1.29 is 55.1 Å². The molecule has 14 heteroatoms. The highest BCUT2D eigenvalue weighted by molar-refractivity contribution is 5.04. The summed E-state index contributed by atoms with van der Waals surface area (Å²) in [6, 6.07) is -4.21. The zero-order valence-corrected chi connectivity index (χ0v) is 16.7. The third kappa shape index (κ3) is 4.87. The molecule has 3 aliphatic rings. The molecule has 1 aliphatic carbocycles. The van der Waals surface area contributed by atoms with E-state index in [4.69, 9.17) is 25.7 Å². The molecule has 14 unspecified atom stereocenters. The number of nitrogens with two attached hydrogens (primary N) is 2. The molecule has 0 aromatic heterocycles. The van der Waals surface area contributed by atoms with Gasteiger partial charge >= 0.3 is 0 Å². The lowest BCUT2D eigenvalue weighted by atomic mass is 9.83. The Morgan fingerprint density at radius 3 is 2.10 bits per heavy atom. The van der Waals surface area contributed by atoms with Crippen LogP contribution in [0.5, 0.6) is 0 Å². The van der Waals surface area contributed by atoms with Crippen molar-refractivity contribution in [2.24, 2.45) is 11.5 Å². The third-order valence-electron chi connectivity index (χ3n) is 6.22. The number of hydrogen-bond acceptors (Lipinski definition) is 14. The Kier molecular flexibility index (Phi) is 8.21. The molecule has 14 atom stereocenters. The van der Waals surface area contributed by atoms with E-state index in [0.717, 1.165) is 0 Å². The molecule has 1 saturated carbocycles. The minimum Gasteiger partial charge on any atom is -0.395 e. The number of aliphatic hydroxyl groups is 8. The molecule has 0 amide bonds. The lowest BCUT2D eigenvalue weighted by Crippen LogP contribution is -2.67. The molecule has 0 radical (unpaired) electrons. The Hall–Kier alpha value is -0.560. The topological polar surface area (TPSA) is 254 Å². The van der Waals surface area contributed by atoms with Gasteiger partial charge < -0.3 is 71.8 Å². The van der Waals surface area contributed by atoms with E-state index in [2.05, 4.69) is 5.32 Å². The summed E-state index contributed by atoms with van der Waals surface area (Å²) in [6.07, 6.45) is -14.4. The van der Waals surface area contributed by atoms with Gasteiger partial charge in [0.15, 0.2) is 12.6 Å². The normalized spacial score (nSPS) is 54.0. The van der Waals surface area contributed by atoms with Gasteiger partial charge in [-0.15, -0.1) is 0 Å². The van der Waals surface area contributed by atoms with Gasteiger partial charge in [-0.1, -0.05) is 0 Å². The quantitative estimate of drug-likeness (QED) is 0.188. The highest BCUT2D eigenvalue weighted by Gasteiger charge is 2.52. The summed E-state index contributed by atoms with van der Waals surface area (Å²) in [4.78, 5) is 0. The summed E-state index contributed by atoms with van der Waals surface area (Å²) in [6.45, 7) is -1.18. The van der Waals surface area contributed by atoms with Gasteiger partial charge in [0.1, 0.15) is 36.6 Å². The van der Waals surface area contributed by atoms with Gasteiger partial charge in [-0.2, -0.15) is 0 Å². The SMILES string of the molecule is NC1CC2NC(CO)C(O)C(O)C(N)C(O)OC2C(OC2OC(CO)C(O)C2O)C1O. The zero-order chi connectivity index (χ0) is 23.0. The van der Waals surface area contributed by atoms with Gasteiger partial charge in [-0.3, -0.25) is 0 Å². The van der Waals surface area contributed by atoms with Crippen molar-refractivity contribution in [3.8, 4) is 0 Å². The van der Waals surface area contributed by atoms with Crippen LogP contribution in [0.3, 0.4) is 0 Å². The highest BCUT2D eigenvalue weighted by Crippen LogP contribution is 2.32. The Morgan fingerprint density at radius 2 is 1.52 bits per heavy atom. The predicted molar refractivity (Wildman–Crippen MR) is 99.9 cm³/mol. The number of hydrogen-bond donors (Lipinski definition) is 11. The largest absolute Gasteiger partial charge is 0.395 e. The molecule has 0 spiro atoms. The average Bonchev–Trinajstić information content (AvgIpc) is 3.03. The lowest BCUT2D eigenvalue weighted by Gasteiger charge is -2.45. The van der Waals surface area contributed by atoms with Crippen LogP contribution in [0.4, 0.5) is 0 Å². The fourth-order valence-corrected chi connectivity index (χ4v) is 4.28. The monoisotopic (exact) mass is 455 g/mol. The van der Waals surface area contributed by atoms with Crippen LogP contribution in [0.25, 0.3) is 0 Å². The first-order valence-electron chi connectivity index (χ1n) is 10.1. The van der Waals surface area contributed by atoms with Crippen molar-refractivity contribution >= 4 is 0 Å². The smallest absolute Gasteiger partial charge is 0.187 e. The molecule has 3 fully saturated rings. The van der Waals surface area contributed by atoms with E-state index in [1.165, 1.54) is 0 Å². The lowest BCUT2D eigenvalue weighted by molar-refractivity contribution is -0.273. The van der Waals surface area contributed by atoms with Crippen LogP contribution in [-0.4, -0.2) is 140 Å². The predicted octanol–water partition coefficient (Wildman–Crippen LogP) is -7.01. The van der Waals surface area contributed by atoms with Gasteiger partial charge in [0.2, 0.25) is 0 Å². The van der Waals surface area contributed by atoms with E-state index in [9.17, 15) is 40.9 Å². The second-order valence-corrected chi connectivity index (χ2v) is 8.31. The van der Waals surface area contributed by atoms with Crippen molar-refractivity contribution in [3.63, 3.8) is 0 Å². The summed E-state index contributed by atoms with van der Waals surface area (Å²) < 4.78 is 16.6. The minimum absolute atomic E-state index is 0.0724. The fraction of sp³-hybridized carbons (Fsp3) is 1.00. The second-order valence-electron chi connectivity index (χ2n) is 8.31. The molecule has 2 heterocycles. The van der Waals surface area contributed by atoms with Crippen molar-refractivity contribution in [3.05, 3.63) is 0 Å². The zero-order valence-electron chi connectivity index (χ0n) is 16.7. The first kappa shape index (κ1) is 25.1. The molecule has 2 aliphatic heterocycles. The summed E-state index contributed by atoms with van der Waals surface area (Å²) in [5.74, 6) is 0. The summed E-state index contributed by atoms with van der Waals surface area (Å²) >= 11 is 0. The van der Waals surface area contributed by atoms with Gasteiger partial charge in [0.25, 0.3) is 0 Å². The van der Waals surface area contributed by atoms with E-state index in [-0.39, 0.29) is 6.42 Å². The van der Waals surface area contributed by atoms with Crippen LogP contribution >= 0.6 is 0 Å². The Bertz CT molecular complexity index is 592. The number of rotatable bonds is 4. The molecule has 3 rings (SSSR count). The molecule has 0 aromatic rings. The van der Waals surface area contributed by atoms with Crippen LogP contribution < -0.4 is 16.8 Å². The Labute approximate surface area is 177 Å². The van der Waals surface area contributed by atoms with Gasteiger partial charge in [0.05, 0.1) is 37.5 Å². The maximum atomic E-state index is 10.7.